The third-order valence-corrected chi connectivity index (χ3v) is 4.58. The average Bonchev–Trinajstić information content (AvgIpc) is 3.08. The lowest BCUT2D eigenvalue weighted by Gasteiger charge is -2.31. The van der Waals surface area contributed by atoms with Crippen molar-refractivity contribution in [2.45, 2.75) is 31.5 Å². The van der Waals surface area contributed by atoms with Crippen LogP contribution in [0.2, 0.25) is 0 Å². The first-order chi connectivity index (χ1) is 10.6. The zero-order valence-electron chi connectivity index (χ0n) is 13.7. The number of aryl methyl sites for hydroxylation is 1. The van der Waals surface area contributed by atoms with Gasteiger partial charge in [0.1, 0.15) is 0 Å². The van der Waals surface area contributed by atoms with Crippen molar-refractivity contribution in [3.05, 3.63) is 48.0 Å². The van der Waals surface area contributed by atoms with Crippen LogP contribution in [-0.4, -0.2) is 57.3 Å². The Bertz CT molecular complexity index is 592. The SMILES string of the molecule is CN(C)[C@@H]1CCN(Cc2ccccn2)[C@H]1Cc1cnn(C)c1. The molecule has 2 atom stereocenters. The molecule has 3 heterocycles. The van der Waals surface area contributed by atoms with E-state index in [-0.39, 0.29) is 0 Å². The first kappa shape index (κ1) is 15.2. The van der Waals surface area contributed by atoms with E-state index in [4.69, 9.17) is 0 Å². The number of pyridine rings is 1. The molecule has 0 N–H and O–H groups in total. The Morgan fingerprint density at radius 3 is 2.82 bits per heavy atom. The highest BCUT2D eigenvalue weighted by Crippen LogP contribution is 2.26. The van der Waals surface area contributed by atoms with E-state index >= 15 is 0 Å². The van der Waals surface area contributed by atoms with Crippen LogP contribution in [0.15, 0.2) is 36.8 Å². The third kappa shape index (κ3) is 3.36. The number of likely N-dealkylation sites (N-methyl/N-ethyl adjacent to an activating group) is 1. The third-order valence-electron chi connectivity index (χ3n) is 4.58. The summed E-state index contributed by atoms with van der Waals surface area (Å²) in [5.41, 5.74) is 2.46. The maximum Gasteiger partial charge on any atom is 0.0544 e. The van der Waals surface area contributed by atoms with E-state index in [1.54, 1.807) is 0 Å². The number of rotatable bonds is 5. The van der Waals surface area contributed by atoms with Crippen molar-refractivity contribution in [3.63, 3.8) is 0 Å². The lowest BCUT2D eigenvalue weighted by Crippen LogP contribution is -2.43. The second kappa shape index (κ2) is 6.58. The Labute approximate surface area is 132 Å². The molecular formula is C17H25N5. The number of nitrogens with zero attached hydrogens (tertiary/aromatic N) is 5. The van der Waals surface area contributed by atoms with Gasteiger partial charge in [0.05, 0.1) is 11.9 Å². The molecule has 0 aliphatic carbocycles. The van der Waals surface area contributed by atoms with Crippen molar-refractivity contribution in [2.24, 2.45) is 7.05 Å². The van der Waals surface area contributed by atoms with E-state index in [0.29, 0.717) is 12.1 Å². The van der Waals surface area contributed by atoms with E-state index in [1.165, 1.54) is 12.0 Å². The van der Waals surface area contributed by atoms with Crippen LogP contribution in [0.5, 0.6) is 0 Å². The highest BCUT2D eigenvalue weighted by Gasteiger charge is 2.35. The summed E-state index contributed by atoms with van der Waals surface area (Å²) in [6.07, 6.45) is 8.26. The molecule has 2 aromatic rings. The van der Waals surface area contributed by atoms with Gasteiger partial charge in [-0.15, -0.1) is 0 Å². The Morgan fingerprint density at radius 2 is 2.18 bits per heavy atom. The summed E-state index contributed by atoms with van der Waals surface area (Å²) in [4.78, 5) is 9.42. The molecule has 0 saturated carbocycles. The zero-order chi connectivity index (χ0) is 15.5. The average molecular weight is 299 g/mol. The van der Waals surface area contributed by atoms with Gasteiger partial charge in [0.2, 0.25) is 0 Å². The van der Waals surface area contributed by atoms with Gasteiger partial charge in [-0.2, -0.15) is 5.10 Å². The molecule has 1 aliphatic heterocycles. The highest BCUT2D eigenvalue weighted by molar-refractivity contribution is 5.11. The van der Waals surface area contributed by atoms with Crippen LogP contribution in [0.3, 0.4) is 0 Å². The molecule has 0 bridgehead atoms. The summed E-state index contributed by atoms with van der Waals surface area (Å²) < 4.78 is 1.89. The minimum absolute atomic E-state index is 0.515. The molecule has 0 amide bonds. The van der Waals surface area contributed by atoms with Crippen molar-refractivity contribution in [1.29, 1.82) is 0 Å². The molecule has 0 aromatic carbocycles. The zero-order valence-corrected chi connectivity index (χ0v) is 13.7. The van der Waals surface area contributed by atoms with E-state index in [2.05, 4.69) is 52.3 Å². The molecule has 0 unspecified atom stereocenters. The molecule has 1 fully saturated rings. The Morgan fingerprint density at radius 1 is 1.32 bits per heavy atom. The van der Waals surface area contributed by atoms with Gasteiger partial charge < -0.3 is 4.90 Å². The Hall–Kier alpha value is -1.72. The number of aromatic nitrogens is 3. The minimum Gasteiger partial charge on any atom is -0.305 e. The first-order valence-electron chi connectivity index (χ1n) is 7.91. The molecule has 2 aromatic heterocycles. The lowest BCUT2D eigenvalue weighted by molar-refractivity contribution is 0.176. The normalized spacial score (nSPS) is 22.5. The summed E-state index contributed by atoms with van der Waals surface area (Å²) in [6, 6.07) is 7.26. The van der Waals surface area contributed by atoms with Gasteiger partial charge in [-0.05, 0) is 44.6 Å². The largest absolute Gasteiger partial charge is 0.305 e. The number of likely N-dealkylation sites (tertiary alicyclic amines) is 1. The molecule has 0 spiro atoms. The fourth-order valence-electron chi connectivity index (χ4n) is 3.48. The first-order valence-corrected chi connectivity index (χ1v) is 7.91. The van der Waals surface area contributed by atoms with Gasteiger partial charge in [-0.3, -0.25) is 14.6 Å². The summed E-state index contributed by atoms with van der Waals surface area (Å²) in [7, 11) is 6.35. The molecule has 1 saturated heterocycles. The maximum atomic E-state index is 4.49. The Kier molecular flexibility index (Phi) is 4.55. The van der Waals surface area contributed by atoms with Gasteiger partial charge in [0.15, 0.2) is 0 Å². The molecule has 1 aliphatic rings. The molecule has 5 nitrogen and oxygen atoms in total. The van der Waals surface area contributed by atoms with Gasteiger partial charge in [-0.1, -0.05) is 6.07 Å². The van der Waals surface area contributed by atoms with Crippen molar-refractivity contribution in [1.82, 2.24) is 24.6 Å². The summed E-state index contributed by atoms with van der Waals surface area (Å²) in [5, 5.41) is 4.31. The van der Waals surface area contributed by atoms with Crippen LogP contribution in [0, 0.1) is 0 Å². The van der Waals surface area contributed by atoms with E-state index < -0.39 is 0 Å². The second-order valence-electron chi connectivity index (χ2n) is 6.40. The molecular weight excluding hydrogens is 274 g/mol. The standard InChI is InChI=1S/C17H25N5/c1-20(2)16-7-9-22(13-15-6-4-5-8-18-15)17(16)10-14-11-19-21(3)12-14/h4-6,8,11-12,16-17H,7,9-10,13H2,1-3H3/t16-,17+/m1/s1. The lowest BCUT2D eigenvalue weighted by atomic mass is 10.0. The van der Waals surface area contributed by atoms with Crippen molar-refractivity contribution in [2.75, 3.05) is 20.6 Å². The van der Waals surface area contributed by atoms with Gasteiger partial charge in [-0.25, -0.2) is 0 Å². The van der Waals surface area contributed by atoms with Crippen molar-refractivity contribution >= 4 is 0 Å². The predicted molar refractivity (Wildman–Crippen MR) is 87.4 cm³/mol. The second-order valence-corrected chi connectivity index (χ2v) is 6.40. The fourth-order valence-corrected chi connectivity index (χ4v) is 3.48. The molecule has 0 radical (unpaired) electrons. The highest BCUT2D eigenvalue weighted by atomic mass is 15.3. The van der Waals surface area contributed by atoms with Gasteiger partial charge in [0, 0.05) is 44.6 Å². The van der Waals surface area contributed by atoms with Crippen LogP contribution in [0.4, 0.5) is 0 Å². The van der Waals surface area contributed by atoms with Crippen LogP contribution >= 0.6 is 0 Å². The number of hydrogen-bond acceptors (Lipinski definition) is 4. The van der Waals surface area contributed by atoms with Crippen LogP contribution in [0.25, 0.3) is 0 Å². The van der Waals surface area contributed by atoms with E-state index in [0.717, 1.165) is 25.2 Å². The van der Waals surface area contributed by atoms with Gasteiger partial charge in [0.25, 0.3) is 0 Å². The summed E-state index contributed by atoms with van der Waals surface area (Å²) in [6.45, 7) is 2.06. The molecule has 3 rings (SSSR count). The smallest absolute Gasteiger partial charge is 0.0544 e. The quantitative estimate of drug-likeness (QED) is 0.840. The topological polar surface area (TPSA) is 37.2 Å². The molecule has 5 heteroatoms. The van der Waals surface area contributed by atoms with Gasteiger partial charge >= 0.3 is 0 Å². The fraction of sp³-hybridized carbons (Fsp3) is 0.529. The van der Waals surface area contributed by atoms with E-state index in [1.807, 2.05) is 30.2 Å². The van der Waals surface area contributed by atoms with Crippen LogP contribution in [0.1, 0.15) is 17.7 Å². The van der Waals surface area contributed by atoms with Crippen molar-refractivity contribution in [3.8, 4) is 0 Å². The molecule has 118 valence electrons. The summed E-state index contributed by atoms with van der Waals surface area (Å²) >= 11 is 0. The van der Waals surface area contributed by atoms with Crippen LogP contribution in [-0.2, 0) is 20.0 Å². The van der Waals surface area contributed by atoms with Crippen LogP contribution < -0.4 is 0 Å². The summed E-state index contributed by atoms with van der Waals surface area (Å²) in [5.74, 6) is 0. The van der Waals surface area contributed by atoms with E-state index in [9.17, 15) is 0 Å². The number of hydrogen-bond donors (Lipinski definition) is 0. The minimum atomic E-state index is 0.515. The monoisotopic (exact) mass is 299 g/mol. The predicted octanol–water partition coefficient (Wildman–Crippen LogP) is 1.56. The molecule has 22 heavy (non-hydrogen) atoms. The van der Waals surface area contributed by atoms with Crippen molar-refractivity contribution < 1.29 is 0 Å². The maximum absolute atomic E-state index is 4.49. The Balaban J connectivity index is 1.76.